The summed E-state index contributed by atoms with van der Waals surface area (Å²) in [6, 6.07) is 12.3. The second-order valence-electron chi connectivity index (χ2n) is 8.63. The van der Waals surface area contributed by atoms with Gasteiger partial charge in [-0.05, 0) is 30.3 Å². The van der Waals surface area contributed by atoms with E-state index in [4.69, 9.17) is 24.9 Å². The predicted molar refractivity (Wildman–Crippen MR) is 137 cm³/mol. The molecule has 34 heavy (non-hydrogen) atoms. The molecule has 0 bridgehead atoms. The smallest absolute Gasteiger partial charge is 0.194 e. The Morgan fingerprint density at radius 3 is 2.47 bits per heavy atom. The van der Waals surface area contributed by atoms with Gasteiger partial charge in [-0.1, -0.05) is 12.1 Å². The summed E-state index contributed by atoms with van der Waals surface area (Å²) in [5.74, 6) is 2.45. The molecular weight excluding hydrogens is 454 g/mol. The maximum atomic E-state index is 6.27. The van der Waals surface area contributed by atoms with E-state index in [9.17, 15) is 0 Å². The molecule has 3 N–H and O–H groups in total. The van der Waals surface area contributed by atoms with E-state index in [0.717, 1.165) is 55.0 Å². The number of rotatable bonds is 4. The van der Waals surface area contributed by atoms with E-state index < -0.39 is 0 Å². The molecule has 3 aliphatic heterocycles. The van der Waals surface area contributed by atoms with Crippen molar-refractivity contribution in [2.75, 3.05) is 59.0 Å². The van der Waals surface area contributed by atoms with Crippen molar-refractivity contribution >= 4 is 29.8 Å². The van der Waals surface area contributed by atoms with E-state index in [1.54, 1.807) is 14.2 Å². The van der Waals surface area contributed by atoms with E-state index in [1.165, 1.54) is 5.69 Å². The number of guanidine groups is 1. The number of fused-ring (bicyclic) bond motifs is 2. The molecule has 1 saturated heterocycles. The Morgan fingerprint density at radius 2 is 1.79 bits per heavy atom. The molecule has 3 heterocycles. The molecule has 1 fully saturated rings. The highest BCUT2D eigenvalue weighted by molar-refractivity contribution is 5.94. The van der Waals surface area contributed by atoms with Crippen molar-refractivity contribution in [2.45, 2.75) is 12.5 Å². The lowest BCUT2D eigenvalue weighted by atomic mass is 9.91. The number of likely N-dealkylation sites (N-methyl/N-ethyl adjacent to an activating group) is 1. The van der Waals surface area contributed by atoms with E-state index in [2.05, 4.69) is 46.4 Å². The van der Waals surface area contributed by atoms with Gasteiger partial charge in [-0.3, -0.25) is 0 Å². The summed E-state index contributed by atoms with van der Waals surface area (Å²) in [5.41, 5.74) is 11.5. The molecule has 0 saturated carbocycles. The summed E-state index contributed by atoms with van der Waals surface area (Å²) in [4.78, 5) is 9.57. The fraction of sp³-hybridized carbons (Fsp3) is 0.400. The van der Waals surface area contributed by atoms with Gasteiger partial charge in [0.2, 0.25) is 0 Å². The van der Waals surface area contributed by atoms with Crippen LogP contribution in [0.15, 0.2) is 47.0 Å². The Balaban J connectivity index is 0.00000274. The third-order valence-corrected chi connectivity index (χ3v) is 6.62. The zero-order valence-electron chi connectivity index (χ0n) is 19.8. The standard InChI is InChI=1S/C25H31N5O3.ClH/c1-29-9-11-30(12-10-29)17-6-4-16(5-7-17)23-19-8-13-33-21-15-18(31-2)14-20(32-3)22(21)24(19)28-25(26)27-23;/h4-7,14-15,23H,8-13H2,1-3H3,(H3,26,27,28);1H. The molecular formula is C25H32ClN5O3. The number of benzene rings is 2. The van der Waals surface area contributed by atoms with Crippen LogP contribution in [0.3, 0.4) is 0 Å². The maximum Gasteiger partial charge on any atom is 0.194 e. The number of nitrogens with zero attached hydrogens (tertiary/aromatic N) is 3. The lowest BCUT2D eigenvalue weighted by Crippen LogP contribution is -2.44. The summed E-state index contributed by atoms with van der Waals surface area (Å²) >= 11 is 0. The average Bonchev–Trinajstić information content (AvgIpc) is 3.03. The van der Waals surface area contributed by atoms with Crippen molar-refractivity contribution in [3.05, 3.63) is 53.1 Å². The van der Waals surface area contributed by atoms with Crippen LogP contribution in [0.2, 0.25) is 0 Å². The third-order valence-electron chi connectivity index (χ3n) is 6.62. The van der Waals surface area contributed by atoms with Crippen LogP contribution < -0.4 is 30.2 Å². The first-order chi connectivity index (χ1) is 16.1. The Kier molecular flexibility index (Phi) is 7.09. The first-order valence-corrected chi connectivity index (χ1v) is 11.3. The van der Waals surface area contributed by atoms with Gasteiger partial charge in [-0.25, -0.2) is 4.99 Å². The van der Waals surface area contributed by atoms with Crippen molar-refractivity contribution in [1.82, 2.24) is 10.2 Å². The Morgan fingerprint density at radius 1 is 1.06 bits per heavy atom. The number of nitrogens with one attached hydrogen (secondary N) is 1. The zero-order valence-corrected chi connectivity index (χ0v) is 20.7. The highest BCUT2D eigenvalue weighted by atomic mass is 35.5. The van der Waals surface area contributed by atoms with E-state index in [1.807, 2.05) is 12.1 Å². The molecule has 1 atom stereocenters. The number of ether oxygens (including phenoxy) is 3. The molecule has 2 aromatic carbocycles. The fourth-order valence-corrected chi connectivity index (χ4v) is 4.76. The summed E-state index contributed by atoms with van der Waals surface area (Å²) in [6.07, 6.45) is 0.726. The molecule has 0 aromatic heterocycles. The van der Waals surface area contributed by atoms with Gasteiger partial charge in [0.1, 0.15) is 23.3 Å². The van der Waals surface area contributed by atoms with E-state index in [-0.39, 0.29) is 18.4 Å². The number of hydrogen-bond donors (Lipinski definition) is 2. The van der Waals surface area contributed by atoms with Crippen LogP contribution in [0.4, 0.5) is 5.69 Å². The number of piperazine rings is 1. The topological polar surface area (TPSA) is 84.6 Å². The summed E-state index contributed by atoms with van der Waals surface area (Å²) in [7, 11) is 5.45. The summed E-state index contributed by atoms with van der Waals surface area (Å²) < 4.78 is 17.2. The normalized spacial score (nSPS) is 20.0. The van der Waals surface area contributed by atoms with Crippen LogP contribution >= 0.6 is 12.4 Å². The number of halogens is 1. The summed E-state index contributed by atoms with van der Waals surface area (Å²) in [5, 5.41) is 3.29. The van der Waals surface area contributed by atoms with E-state index >= 15 is 0 Å². The lowest BCUT2D eigenvalue weighted by molar-refractivity contribution is 0.313. The van der Waals surface area contributed by atoms with Crippen LogP contribution in [-0.4, -0.2) is 64.9 Å². The number of aliphatic imine (C=N–C) groups is 1. The lowest BCUT2D eigenvalue weighted by Gasteiger charge is -2.34. The van der Waals surface area contributed by atoms with Gasteiger partial charge >= 0.3 is 0 Å². The molecule has 0 aliphatic carbocycles. The van der Waals surface area contributed by atoms with Crippen LogP contribution in [-0.2, 0) is 0 Å². The minimum Gasteiger partial charge on any atom is -0.496 e. The molecule has 182 valence electrons. The molecule has 0 amide bonds. The van der Waals surface area contributed by atoms with Gasteiger partial charge in [0.05, 0.1) is 32.1 Å². The molecule has 5 rings (SSSR count). The largest absolute Gasteiger partial charge is 0.496 e. The van der Waals surface area contributed by atoms with Crippen molar-refractivity contribution in [3.8, 4) is 17.2 Å². The van der Waals surface area contributed by atoms with Gasteiger partial charge < -0.3 is 35.1 Å². The first kappa shape index (κ1) is 24.0. The molecule has 0 spiro atoms. The molecule has 1 unspecified atom stereocenters. The highest BCUT2D eigenvalue weighted by Gasteiger charge is 2.31. The first-order valence-electron chi connectivity index (χ1n) is 11.3. The van der Waals surface area contributed by atoms with Gasteiger partial charge in [0.25, 0.3) is 0 Å². The average molecular weight is 486 g/mol. The maximum absolute atomic E-state index is 6.27. The molecule has 8 nitrogen and oxygen atoms in total. The Bertz CT molecular complexity index is 1090. The van der Waals surface area contributed by atoms with Gasteiger partial charge in [0, 0.05) is 50.4 Å². The second kappa shape index (κ2) is 10.0. The molecule has 0 radical (unpaired) electrons. The van der Waals surface area contributed by atoms with Gasteiger partial charge in [-0.2, -0.15) is 0 Å². The van der Waals surface area contributed by atoms with Gasteiger partial charge in [-0.15, -0.1) is 12.4 Å². The fourth-order valence-electron chi connectivity index (χ4n) is 4.76. The predicted octanol–water partition coefficient (Wildman–Crippen LogP) is 3.03. The minimum absolute atomic E-state index is 0. The van der Waals surface area contributed by atoms with Crippen molar-refractivity contribution in [1.29, 1.82) is 0 Å². The quantitative estimate of drug-likeness (QED) is 0.688. The number of anilines is 1. The Hall–Kier alpha value is -3.10. The van der Waals surface area contributed by atoms with Crippen LogP contribution in [0, 0.1) is 0 Å². The van der Waals surface area contributed by atoms with Gasteiger partial charge in [0.15, 0.2) is 5.96 Å². The molecule has 3 aliphatic rings. The summed E-state index contributed by atoms with van der Waals surface area (Å²) in [6.45, 7) is 4.79. The number of hydrogen-bond acceptors (Lipinski definition) is 8. The number of methoxy groups -OCH3 is 2. The SMILES string of the molecule is COc1cc(OC)c2c(c1)OCCC1=C2NC(N)=NC1c1ccc(N2CCN(C)CC2)cc1.Cl. The zero-order chi connectivity index (χ0) is 22.9. The van der Waals surface area contributed by atoms with Crippen molar-refractivity contribution in [3.63, 3.8) is 0 Å². The third kappa shape index (κ3) is 4.48. The van der Waals surface area contributed by atoms with Crippen LogP contribution in [0.5, 0.6) is 17.2 Å². The van der Waals surface area contributed by atoms with Crippen LogP contribution in [0.1, 0.15) is 23.6 Å². The molecule has 2 aromatic rings. The Labute approximate surface area is 206 Å². The number of nitrogens with two attached hydrogens (primary N) is 1. The minimum atomic E-state index is -0.177. The van der Waals surface area contributed by atoms with Crippen molar-refractivity contribution in [2.24, 2.45) is 10.7 Å². The second-order valence-corrected chi connectivity index (χ2v) is 8.63. The molecule has 9 heteroatoms. The van der Waals surface area contributed by atoms with E-state index in [0.29, 0.717) is 29.8 Å². The van der Waals surface area contributed by atoms with Crippen LogP contribution in [0.25, 0.3) is 5.70 Å². The highest BCUT2D eigenvalue weighted by Crippen LogP contribution is 2.45. The monoisotopic (exact) mass is 485 g/mol. The van der Waals surface area contributed by atoms with Crippen molar-refractivity contribution < 1.29 is 14.2 Å².